The van der Waals surface area contributed by atoms with Crippen molar-refractivity contribution in [3.63, 3.8) is 0 Å². The Kier molecular flexibility index (Phi) is 3.52. The molecular weight excluding hydrogens is 254 g/mol. The third kappa shape index (κ3) is 2.31. The molecule has 6 heteroatoms. The van der Waals surface area contributed by atoms with Crippen molar-refractivity contribution < 1.29 is 9.59 Å². The van der Waals surface area contributed by atoms with Gasteiger partial charge in [0, 0.05) is 6.20 Å². The molecule has 0 aliphatic carbocycles. The molecule has 0 unspecified atom stereocenters. The SMILES string of the molecule is CC(C)C[C@H]1NC(=O)N(c2cccnc2Cl)C1=O. The van der Waals surface area contributed by atoms with E-state index in [1.807, 2.05) is 13.8 Å². The number of hydrogen-bond acceptors (Lipinski definition) is 3. The van der Waals surface area contributed by atoms with E-state index in [-0.39, 0.29) is 11.1 Å². The van der Waals surface area contributed by atoms with Crippen molar-refractivity contribution >= 4 is 29.2 Å². The fourth-order valence-corrected chi connectivity index (χ4v) is 2.14. The van der Waals surface area contributed by atoms with Gasteiger partial charge in [-0.25, -0.2) is 14.7 Å². The number of carbonyl (C=O) groups is 2. The molecule has 1 saturated heterocycles. The summed E-state index contributed by atoms with van der Waals surface area (Å²) >= 11 is 5.90. The molecule has 1 fully saturated rings. The molecule has 96 valence electrons. The maximum atomic E-state index is 12.2. The Bertz CT molecular complexity index is 490. The van der Waals surface area contributed by atoms with Crippen molar-refractivity contribution in [1.29, 1.82) is 0 Å². The van der Waals surface area contributed by atoms with E-state index in [1.165, 1.54) is 6.20 Å². The lowest BCUT2D eigenvalue weighted by molar-refractivity contribution is -0.118. The van der Waals surface area contributed by atoms with Crippen LogP contribution in [0.25, 0.3) is 0 Å². The van der Waals surface area contributed by atoms with E-state index in [1.54, 1.807) is 12.1 Å². The van der Waals surface area contributed by atoms with Crippen LogP contribution < -0.4 is 10.2 Å². The van der Waals surface area contributed by atoms with Crippen molar-refractivity contribution in [1.82, 2.24) is 10.3 Å². The molecule has 5 nitrogen and oxygen atoms in total. The molecule has 0 bridgehead atoms. The van der Waals surface area contributed by atoms with Gasteiger partial charge in [0.25, 0.3) is 5.91 Å². The molecule has 0 spiro atoms. The Labute approximate surface area is 110 Å². The highest BCUT2D eigenvalue weighted by molar-refractivity contribution is 6.34. The van der Waals surface area contributed by atoms with Crippen molar-refractivity contribution in [2.75, 3.05) is 4.90 Å². The molecule has 1 aliphatic rings. The summed E-state index contributed by atoms with van der Waals surface area (Å²) in [4.78, 5) is 28.9. The lowest BCUT2D eigenvalue weighted by Gasteiger charge is -2.14. The molecule has 18 heavy (non-hydrogen) atoms. The van der Waals surface area contributed by atoms with Gasteiger partial charge in [-0.2, -0.15) is 0 Å². The molecular formula is C12H14ClN3O2. The average Bonchev–Trinajstić information content (AvgIpc) is 2.55. The van der Waals surface area contributed by atoms with Gasteiger partial charge < -0.3 is 5.32 Å². The minimum Gasteiger partial charge on any atom is -0.325 e. The molecule has 1 atom stereocenters. The number of nitrogens with zero attached hydrogens (tertiary/aromatic N) is 2. The third-order valence-corrected chi connectivity index (χ3v) is 3.00. The van der Waals surface area contributed by atoms with E-state index in [4.69, 9.17) is 11.6 Å². The standard InChI is InChI=1S/C12H14ClN3O2/c1-7(2)6-8-11(17)16(12(18)15-8)9-4-3-5-14-10(9)13/h3-5,7-8H,6H2,1-2H3,(H,15,18)/t8-/m1/s1. The molecule has 0 radical (unpaired) electrons. The zero-order chi connectivity index (χ0) is 13.3. The fraction of sp³-hybridized carbons (Fsp3) is 0.417. The van der Waals surface area contributed by atoms with Gasteiger partial charge in [-0.3, -0.25) is 4.79 Å². The number of aromatic nitrogens is 1. The molecule has 1 N–H and O–H groups in total. The number of carbonyl (C=O) groups excluding carboxylic acids is 2. The number of anilines is 1. The van der Waals surface area contributed by atoms with Crippen molar-refractivity contribution in [2.24, 2.45) is 5.92 Å². The minimum absolute atomic E-state index is 0.145. The van der Waals surface area contributed by atoms with E-state index >= 15 is 0 Å². The normalized spacial score (nSPS) is 19.6. The van der Waals surface area contributed by atoms with Crippen LogP contribution in [0.4, 0.5) is 10.5 Å². The molecule has 1 aromatic rings. The van der Waals surface area contributed by atoms with Gasteiger partial charge >= 0.3 is 6.03 Å². The molecule has 0 saturated carbocycles. The summed E-state index contributed by atoms with van der Waals surface area (Å²) < 4.78 is 0. The monoisotopic (exact) mass is 267 g/mol. The van der Waals surface area contributed by atoms with Gasteiger partial charge in [-0.15, -0.1) is 0 Å². The molecule has 1 aliphatic heterocycles. The first-order valence-corrected chi connectivity index (χ1v) is 6.13. The Balaban J connectivity index is 2.27. The number of rotatable bonds is 3. The number of nitrogens with one attached hydrogen (secondary N) is 1. The smallest absolute Gasteiger partial charge is 0.325 e. The van der Waals surface area contributed by atoms with Crippen LogP contribution in [0.15, 0.2) is 18.3 Å². The van der Waals surface area contributed by atoms with Crippen LogP contribution in [0.1, 0.15) is 20.3 Å². The summed E-state index contributed by atoms with van der Waals surface area (Å²) in [5.74, 6) is 0.0483. The van der Waals surface area contributed by atoms with Gasteiger partial charge in [0.15, 0.2) is 5.15 Å². The van der Waals surface area contributed by atoms with E-state index in [0.717, 1.165) is 4.90 Å². The number of pyridine rings is 1. The lowest BCUT2D eigenvalue weighted by Crippen LogP contribution is -2.32. The number of halogens is 1. The first-order valence-electron chi connectivity index (χ1n) is 5.75. The Hall–Kier alpha value is -1.62. The number of hydrogen-bond donors (Lipinski definition) is 1. The summed E-state index contributed by atoms with van der Waals surface area (Å²) in [5.41, 5.74) is 0.327. The first-order chi connectivity index (χ1) is 8.50. The summed E-state index contributed by atoms with van der Waals surface area (Å²) in [6.45, 7) is 4.00. The van der Waals surface area contributed by atoms with Gasteiger partial charge in [0.1, 0.15) is 6.04 Å². The third-order valence-electron chi connectivity index (χ3n) is 2.71. The topological polar surface area (TPSA) is 62.3 Å². The van der Waals surface area contributed by atoms with E-state index in [9.17, 15) is 9.59 Å². The predicted octanol–water partition coefficient (Wildman–Crippen LogP) is 2.21. The van der Waals surface area contributed by atoms with E-state index < -0.39 is 12.1 Å². The van der Waals surface area contributed by atoms with Crippen molar-refractivity contribution in [3.8, 4) is 0 Å². The van der Waals surface area contributed by atoms with Gasteiger partial charge in [-0.1, -0.05) is 25.4 Å². The molecule has 0 aromatic carbocycles. The summed E-state index contributed by atoms with van der Waals surface area (Å²) in [6.07, 6.45) is 2.12. The van der Waals surface area contributed by atoms with Crippen LogP contribution in [0, 0.1) is 5.92 Å². The maximum absolute atomic E-state index is 12.2. The lowest BCUT2D eigenvalue weighted by atomic mass is 10.0. The van der Waals surface area contributed by atoms with Gasteiger partial charge in [-0.05, 0) is 24.5 Å². The second-order valence-electron chi connectivity index (χ2n) is 4.62. The summed E-state index contributed by atoms with van der Waals surface area (Å²) in [5, 5.41) is 2.81. The molecule has 3 amide bonds. The van der Waals surface area contributed by atoms with Crippen LogP contribution in [0.3, 0.4) is 0 Å². The number of imide groups is 1. The van der Waals surface area contributed by atoms with Gasteiger partial charge in [0.2, 0.25) is 0 Å². The van der Waals surface area contributed by atoms with Crippen LogP contribution in [-0.2, 0) is 4.79 Å². The highest BCUT2D eigenvalue weighted by Crippen LogP contribution is 2.27. The number of amides is 3. The average molecular weight is 268 g/mol. The van der Waals surface area contributed by atoms with Crippen LogP contribution in [-0.4, -0.2) is 23.0 Å². The molecule has 2 rings (SSSR count). The van der Waals surface area contributed by atoms with Crippen LogP contribution in [0.2, 0.25) is 5.15 Å². The van der Waals surface area contributed by atoms with E-state index in [0.29, 0.717) is 18.0 Å². The summed E-state index contributed by atoms with van der Waals surface area (Å²) in [7, 11) is 0. The first kappa shape index (κ1) is 12.8. The quantitative estimate of drug-likeness (QED) is 0.675. The Morgan fingerprint density at radius 1 is 1.50 bits per heavy atom. The highest BCUT2D eigenvalue weighted by atomic mass is 35.5. The van der Waals surface area contributed by atoms with Crippen LogP contribution in [0.5, 0.6) is 0 Å². The van der Waals surface area contributed by atoms with Crippen molar-refractivity contribution in [2.45, 2.75) is 26.3 Å². The largest absolute Gasteiger partial charge is 0.329 e. The molecule has 1 aromatic heterocycles. The zero-order valence-corrected chi connectivity index (χ0v) is 10.9. The maximum Gasteiger partial charge on any atom is 0.329 e. The Morgan fingerprint density at radius 2 is 2.22 bits per heavy atom. The Morgan fingerprint density at radius 3 is 2.83 bits per heavy atom. The molecule has 2 heterocycles. The van der Waals surface area contributed by atoms with Crippen molar-refractivity contribution in [3.05, 3.63) is 23.5 Å². The van der Waals surface area contributed by atoms with Crippen LogP contribution >= 0.6 is 11.6 Å². The minimum atomic E-state index is -0.478. The second kappa shape index (κ2) is 4.94. The fourth-order valence-electron chi connectivity index (χ4n) is 1.93. The predicted molar refractivity (Wildman–Crippen MR) is 68.5 cm³/mol. The number of urea groups is 1. The summed E-state index contributed by atoms with van der Waals surface area (Å²) in [6, 6.07) is 2.32. The second-order valence-corrected chi connectivity index (χ2v) is 4.98. The zero-order valence-electron chi connectivity index (χ0n) is 10.2. The van der Waals surface area contributed by atoms with Gasteiger partial charge in [0.05, 0.1) is 5.69 Å². The van der Waals surface area contributed by atoms with E-state index in [2.05, 4.69) is 10.3 Å². The highest BCUT2D eigenvalue weighted by Gasteiger charge is 2.40.